The third-order valence-corrected chi connectivity index (χ3v) is 2.32. The highest BCUT2D eigenvalue weighted by atomic mass is 15.0. The Labute approximate surface area is 88.2 Å². The molecule has 0 aliphatic carbocycles. The summed E-state index contributed by atoms with van der Waals surface area (Å²) >= 11 is 0. The lowest BCUT2D eigenvalue weighted by molar-refractivity contribution is 0.766. The molecule has 1 N–H and O–H groups in total. The Kier molecular flexibility index (Phi) is 2.66. The van der Waals surface area contributed by atoms with Gasteiger partial charge in [-0.1, -0.05) is 6.07 Å². The first-order valence-electron chi connectivity index (χ1n) is 4.79. The highest BCUT2D eigenvalue weighted by Gasteiger charge is 2.00. The van der Waals surface area contributed by atoms with Gasteiger partial charge in [0.2, 0.25) is 0 Å². The van der Waals surface area contributed by atoms with Gasteiger partial charge in [0.05, 0.1) is 30.0 Å². The number of hydrogen-bond acceptors (Lipinski definition) is 3. The normalized spacial score (nSPS) is 10.4. The first-order chi connectivity index (χ1) is 7.31. The molecule has 4 heteroatoms. The number of nitriles is 1. The predicted octanol–water partition coefficient (Wildman–Crippen LogP) is 1.19. The fraction of sp³-hybridized carbons (Fsp3) is 0.273. The number of aromatic nitrogens is 2. The molecule has 0 atom stereocenters. The van der Waals surface area contributed by atoms with Crippen LogP contribution >= 0.6 is 0 Å². The third kappa shape index (κ3) is 1.97. The Morgan fingerprint density at radius 1 is 1.53 bits per heavy atom. The Hall–Kier alpha value is -1.86. The SMILES string of the molecule is Cn1cnc2cc(CNCC#N)ccc21. The minimum atomic E-state index is 0.375. The monoisotopic (exact) mass is 200 g/mol. The molecule has 0 saturated carbocycles. The van der Waals surface area contributed by atoms with Crippen LogP contribution < -0.4 is 5.32 Å². The molecule has 0 radical (unpaired) electrons. The number of rotatable bonds is 3. The number of imidazole rings is 1. The van der Waals surface area contributed by atoms with Crippen LogP contribution in [0.5, 0.6) is 0 Å². The van der Waals surface area contributed by atoms with Crippen LogP contribution in [0.1, 0.15) is 5.56 Å². The van der Waals surface area contributed by atoms with Gasteiger partial charge in [-0.15, -0.1) is 0 Å². The lowest BCUT2D eigenvalue weighted by Crippen LogP contribution is -2.12. The van der Waals surface area contributed by atoms with Crippen LogP contribution in [0.4, 0.5) is 0 Å². The first kappa shape index (κ1) is 9.69. The molecule has 15 heavy (non-hydrogen) atoms. The fourth-order valence-electron chi connectivity index (χ4n) is 1.55. The molecular weight excluding hydrogens is 188 g/mol. The second-order valence-corrected chi connectivity index (χ2v) is 3.44. The molecule has 2 rings (SSSR count). The van der Waals surface area contributed by atoms with E-state index in [1.165, 1.54) is 0 Å². The van der Waals surface area contributed by atoms with E-state index in [9.17, 15) is 0 Å². The molecule has 0 unspecified atom stereocenters. The van der Waals surface area contributed by atoms with Crippen molar-refractivity contribution in [3.05, 3.63) is 30.1 Å². The van der Waals surface area contributed by atoms with Crippen molar-refractivity contribution in [2.24, 2.45) is 7.05 Å². The lowest BCUT2D eigenvalue weighted by Gasteiger charge is -2.01. The van der Waals surface area contributed by atoms with E-state index in [0.29, 0.717) is 13.1 Å². The van der Waals surface area contributed by atoms with Gasteiger partial charge in [-0.25, -0.2) is 4.98 Å². The van der Waals surface area contributed by atoms with Gasteiger partial charge in [-0.2, -0.15) is 5.26 Å². The maximum absolute atomic E-state index is 8.39. The Morgan fingerprint density at radius 3 is 3.20 bits per heavy atom. The number of fused-ring (bicyclic) bond motifs is 1. The summed E-state index contributed by atoms with van der Waals surface area (Å²) in [7, 11) is 1.98. The number of hydrogen-bond donors (Lipinski definition) is 1. The molecule has 0 bridgehead atoms. The van der Waals surface area contributed by atoms with Crippen molar-refractivity contribution in [1.82, 2.24) is 14.9 Å². The van der Waals surface area contributed by atoms with E-state index in [4.69, 9.17) is 5.26 Å². The van der Waals surface area contributed by atoms with Gasteiger partial charge in [0.15, 0.2) is 0 Å². The summed E-state index contributed by atoms with van der Waals surface area (Å²) in [5.41, 5.74) is 3.27. The number of nitrogens with zero attached hydrogens (tertiary/aromatic N) is 3. The van der Waals surface area contributed by atoms with Crippen molar-refractivity contribution in [2.45, 2.75) is 6.54 Å². The van der Waals surface area contributed by atoms with E-state index in [1.807, 2.05) is 35.9 Å². The van der Waals surface area contributed by atoms with Crippen molar-refractivity contribution in [3.8, 4) is 6.07 Å². The van der Waals surface area contributed by atoms with Crippen molar-refractivity contribution in [3.63, 3.8) is 0 Å². The van der Waals surface area contributed by atoms with E-state index in [1.54, 1.807) is 6.33 Å². The number of aryl methyl sites for hydroxylation is 1. The van der Waals surface area contributed by atoms with Crippen molar-refractivity contribution in [1.29, 1.82) is 5.26 Å². The van der Waals surface area contributed by atoms with E-state index >= 15 is 0 Å². The summed E-state index contributed by atoms with van der Waals surface area (Å²) in [4.78, 5) is 4.28. The van der Waals surface area contributed by atoms with Crippen LogP contribution in [-0.4, -0.2) is 16.1 Å². The molecule has 76 valence electrons. The summed E-state index contributed by atoms with van der Waals surface area (Å²) in [6, 6.07) is 8.19. The summed E-state index contributed by atoms with van der Waals surface area (Å²) in [6.07, 6.45) is 1.80. The zero-order valence-electron chi connectivity index (χ0n) is 8.57. The van der Waals surface area contributed by atoms with Crippen LogP contribution in [0.25, 0.3) is 11.0 Å². The largest absolute Gasteiger partial charge is 0.334 e. The Bertz CT molecular complexity index is 507. The van der Waals surface area contributed by atoms with Crippen molar-refractivity contribution < 1.29 is 0 Å². The molecule has 0 amide bonds. The molecule has 1 aromatic carbocycles. The lowest BCUT2D eigenvalue weighted by atomic mass is 10.2. The molecule has 4 nitrogen and oxygen atoms in total. The Morgan fingerprint density at radius 2 is 2.40 bits per heavy atom. The second-order valence-electron chi connectivity index (χ2n) is 3.44. The fourth-order valence-corrected chi connectivity index (χ4v) is 1.55. The minimum absolute atomic E-state index is 0.375. The zero-order chi connectivity index (χ0) is 10.7. The molecule has 0 aliphatic rings. The third-order valence-electron chi connectivity index (χ3n) is 2.32. The van der Waals surface area contributed by atoms with Gasteiger partial charge in [0.25, 0.3) is 0 Å². The van der Waals surface area contributed by atoms with Crippen LogP contribution in [0.2, 0.25) is 0 Å². The van der Waals surface area contributed by atoms with Crippen molar-refractivity contribution >= 4 is 11.0 Å². The Balaban J connectivity index is 2.20. The van der Waals surface area contributed by atoms with Gasteiger partial charge in [0, 0.05) is 13.6 Å². The van der Waals surface area contributed by atoms with Crippen LogP contribution in [-0.2, 0) is 13.6 Å². The van der Waals surface area contributed by atoms with Crippen LogP contribution in [0.3, 0.4) is 0 Å². The van der Waals surface area contributed by atoms with Gasteiger partial charge >= 0.3 is 0 Å². The summed E-state index contributed by atoms with van der Waals surface area (Å²) in [6.45, 7) is 1.08. The zero-order valence-corrected chi connectivity index (χ0v) is 8.57. The van der Waals surface area contributed by atoms with Crippen molar-refractivity contribution in [2.75, 3.05) is 6.54 Å². The van der Waals surface area contributed by atoms with Crippen LogP contribution in [0, 0.1) is 11.3 Å². The van der Waals surface area contributed by atoms with E-state index < -0.39 is 0 Å². The predicted molar refractivity (Wildman–Crippen MR) is 58.0 cm³/mol. The maximum Gasteiger partial charge on any atom is 0.0955 e. The van der Waals surface area contributed by atoms with E-state index in [-0.39, 0.29) is 0 Å². The molecule has 0 saturated heterocycles. The quantitative estimate of drug-likeness (QED) is 0.598. The molecule has 1 aromatic heterocycles. The molecule has 0 fully saturated rings. The summed E-state index contributed by atoms with van der Waals surface area (Å²) < 4.78 is 1.99. The highest BCUT2D eigenvalue weighted by Crippen LogP contribution is 2.13. The van der Waals surface area contributed by atoms with Gasteiger partial charge in [-0.05, 0) is 17.7 Å². The first-order valence-corrected chi connectivity index (χ1v) is 4.79. The number of nitrogens with one attached hydrogen (secondary N) is 1. The minimum Gasteiger partial charge on any atom is -0.334 e. The highest BCUT2D eigenvalue weighted by molar-refractivity contribution is 5.75. The van der Waals surface area contributed by atoms with Crippen LogP contribution in [0.15, 0.2) is 24.5 Å². The molecule has 0 aliphatic heterocycles. The second kappa shape index (κ2) is 4.11. The summed E-state index contributed by atoms with van der Waals surface area (Å²) in [5, 5.41) is 11.4. The van der Waals surface area contributed by atoms with E-state index in [0.717, 1.165) is 16.6 Å². The standard InChI is InChI=1S/C11H12N4/c1-15-8-14-10-6-9(2-3-11(10)15)7-13-5-4-12/h2-3,6,8,13H,5,7H2,1H3. The molecule has 2 aromatic rings. The molecule has 0 spiro atoms. The summed E-state index contributed by atoms with van der Waals surface area (Å²) in [5.74, 6) is 0. The maximum atomic E-state index is 8.39. The van der Waals surface area contributed by atoms with Gasteiger partial charge < -0.3 is 9.88 Å². The smallest absolute Gasteiger partial charge is 0.0955 e. The van der Waals surface area contributed by atoms with Gasteiger partial charge in [0.1, 0.15) is 0 Å². The molecule has 1 heterocycles. The average molecular weight is 200 g/mol. The van der Waals surface area contributed by atoms with E-state index in [2.05, 4.69) is 10.3 Å². The average Bonchev–Trinajstić information content (AvgIpc) is 2.61. The molecular formula is C11H12N4. The topological polar surface area (TPSA) is 53.6 Å². The number of benzene rings is 1. The van der Waals surface area contributed by atoms with Gasteiger partial charge in [-0.3, -0.25) is 0 Å².